The SMILES string of the molecule is CC(C)c1ccc(Cc2cc(C(=O)NCC3CCOCC3)on2)cc1. The molecule has 0 saturated carbocycles. The predicted octanol–water partition coefficient (Wildman–Crippen LogP) is 3.55. The Hall–Kier alpha value is -2.14. The summed E-state index contributed by atoms with van der Waals surface area (Å²) < 4.78 is 10.5. The van der Waals surface area contributed by atoms with Gasteiger partial charge in [0.05, 0.1) is 5.69 Å². The summed E-state index contributed by atoms with van der Waals surface area (Å²) in [5.74, 6) is 1.09. The van der Waals surface area contributed by atoms with Crippen LogP contribution in [0.25, 0.3) is 0 Å². The molecule has 1 saturated heterocycles. The molecule has 1 fully saturated rings. The molecule has 1 aliphatic rings. The monoisotopic (exact) mass is 342 g/mol. The van der Waals surface area contributed by atoms with Crippen LogP contribution in [0.15, 0.2) is 34.9 Å². The lowest BCUT2D eigenvalue weighted by Gasteiger charge is -2.21. The van der Waals surface area contributed by atoms with Crippen LogP contribution in [0.3, 0.4) is 0 Å². The van der Waals surface area contributed by atoms with Gasteiger partial charge in [-0.2, -0.15) is 0 Å². The van der Waals surface area contributed by atoms with Gasteiger partial charge in [-0.15, -0.1) is 0 Å². The van der Waals surface area contributed by atoms with E-state index in [0.717, 1.165) is 37.3 Å². The van der Waals surface area contributed by atoms with Gasteiger partial charge in [0.2, 0.25) is 5.76 Å². The Balaban J connectivity index is 1.53. The van der Waals surface area contributed by atoms with Crippen molar-refractivity contribution in [2.24, 2.45) is 5.92 Å². The molecule has 1 amide bonds. The number of nitrogens with one attached hydrogen (secondary N) is 1. The number of nitrogens with zero attached hydrogens (tertiary/aromatic N) is 1. The highest BCUT2D eigenvalue weighted by molar-refractivity contribution is 5.91. The predicted molar refractivity (Wildman–Crippen MR) is 95.7 cm³/mol. The van der Waals surface area contributed by atoms with Gasteiger partial charge in [-0.05, 0) is 35.8 Å². The molecular weight excluding hydrogens is 316 g/mol. The van der Waals surface area contributed by atoms with Crippen LogP contribution in [-0.2, 0) is 11.2 Å². The van der Waals surface area contributed by atoms with E-state index in [2.05, 4.69) is 48.6 Å². The van der Waals surface area contributed by atoms with E-state index in [1.807, 2.05) is 0 Å². The topological polar surface area (TPSA) is 64.4 Å². The average molecular weight is 342 g/mol. The molecule has 0 atom stereocenters. The number of benzene rings is 1. The molecule has 5 nitrogen and oxygen atoms in total. The molecule has 2 aromatic rings. The fraction of sp³-hybridized carbons (Fsp3) is 0.500. The molecule has 1 aromatic carbocycles. The van der Waals surface area contributed by atoms with E-state index < -0.39 is 0 Å². The fourth-order valence-electron chi connectivity index (χ4n) is 3.01. The molecule has 0 radical (unpaired) electrons. The van der Waals surface area contributed by atoms with E-state index in [1.54, 1.807) is 6.07 Å². The maximum absolute atomic E-state index is 12.2. The highest BCUT2D eigenvalue weighted by Crippen LogP contribution is 2.17. The second-order valence-electron chi connectivity index (χ2n) is 7.02. The van der Waals surface area contributed by atoms with Crippen LogP contribution >= 0.6 is 0 Å². The largest absolute Gasteiger partial charge is 0.381 e. The summed E-state index contributed by atoms with van der Waals surface area (Å²) in [7, 11) is 0. The highest BCUT2D eigenvalue weighted by Gasteiger charge is 2.17. The Bertz CT molecular complexity index is 685. The molecule has 1 aromatic heterocycles. The van der Waals surface area contributed by atoms with Crippen molar-refractivity contribution in [1.29, 1.82) is 0 Å². The summed E-state index contributed by atoms with van der Waals surface area (Å²) in [5.41, 5.74) is 3.25. The zero-order chi connectivity index (χ0) is 17.6. The summed E-state index contributed by atoms with van der Waals surface area (Å²) in [6.45, 7) is 6.58. The molecular formula is C20H26N2O3. The van der Waals surface area contributed by atoms with Crippen LogP contribution in [0, 0.1) is 5.92 Å². The van der Waals surface area contributed by atoms with Crippen molar-refractivity contribution < 1.29 is 14.1 Å². The number of amides is 1. The second-order valence-corrected chi connectivity index (χ2v) is 7.02. The second kappa shape index (κ2) is 8.30. The maximum atomic E-state index is 12.2. The standard InChI is InChI=1S/C20H26N2O3/c1-14(2)17-5-3-15(4-6-17)11-18-12-19(25-22-18)20(23)21-13-16-7-9-24-10-8-16/h3-6,12,14,16H,7-11,13H2,1-2H3,(H,21,23). The Labute approximate surface area is 148 Å². The molecule has 3 rings (SSSR count). The van der Waals surface area contributed by atoms with Gasteiger partial charge in [0.25, 0.3) is 5.91 Å². The molecule has 0 spiro atoms. The van der Waals surface area contributed by atoms with E-state index in [-0.39, 0.29) is 11.7 Å². The quantitative estimate of drug-likeness (QED) is 0.872. The minimum atomic E-state index is -0.194. The first-order valence-corrected chi connectivity index (χ1v) is 9.02. The third-order valence-corrected chi connectivity index (χ3v) is 4.71. The Kier molecular flexibility index (Phi) is 5.87. The maximum Gasteiger partial charge on any atom is 0.289 e. The molecule has 134 valence electrons. The van der Waals surface area contributed by atoms with Gasteiger partial charge in [-0.25, -0.2) is 0 Å². The summed E-state index contributed by atoms with van der Waals surface area (Å²) in [6.07, 6.45) is 2.65. The van der Waals surface area contributed by atoms with Gasteiger partial charge in [0.15, 0.2) is 0 Å². The molecule has 2 heterocycles. The van der Waals surface area contributed by atoms with E-state index >= 15 is 0 Å². The average Bonchev–Trinajstić information content (AvgIpc) is 3.09. The number of rotatable bonds is 6. The zero-order valence-corrected chi connectivity index (χ0v) is 15.0. The first-order chi connectivity index (χ1) is 12.1. The molecule has 5 heteroatoms. The lowest BCUT2D eigenvalue weighted by Crippen LogP contribution is -2.31. The summed E-state index contributed by atoms with van der Waals surface area (Å²) in [5, 5.41) is 6.97. The third-order valence-electron chi connectivity index (χ3n) is 4.71. The van der Waals surface area contributed by atoms with Crippen molar-refractivity contribution in [3.05, 3.63) is 52.9 Å². The number of aromatic nitrogens is 1. The smallest absolute Gasteiger partial charge is 0.289 e. The minimum absolute atomic E-state index is 0.194. The molecule has 1 aliphatic heterocycles. The summed E-state index contributed by atoms with van der Waals surface area (Å²) >= 11 is 0. The minimum Gasteiger partial charge on any atom is -0.381 e. The first-order valence-electron chi connectivity index (χ1n) is 9.02. The zero-order valence-electron chi connectivity index (χ0n) is 15.0. The number of carbonyl (C=O) groups is 1. The fourth-order valence-corrected chi connectivity index (χ4v) is 3.01. The number of hydrogen-bond acceptors (Lipinski definition) is 4. The van der Waals surface area contributed by atoms with Gasteiger partial charge in [-0.1, -0.05) is 43.3 Å². The number of ether oxygens (including phenoxy) is 1. The van der Waals surface area contributed by atoms with Crippen molar-refractivity contribution in [1.82, 2.24) is 10.5 Å². The lowest BCUT2D eigenvalue weighted by molar-refractivity contribution is 0.0637. The van der Waals surface area contributed by atoms with E-state index in [0.29, 0.717) is 24.8 Å². The van der Waals surface area contributed by atoms with Crippen molar-refractivity contribution in [2.75, 3.05) is 19.8 Å². The van der Waals surface area contributed by atoms with Gasteiger partial charge >= 0.3 is 0 Å². The van der Waals surface area contributed by atoms with Gasteiger partial charge < -0.3 is 14.6 Å². The van der Waals surface area contributed by atoms with Gasteiger partial charge in [0.1, 0.15) is 0 Å². The van der Waals surface area contributed by atoms with Crippen molar-refractivity contribution in [2.45, 2.75) is 39.0 Å². The summed E-state index contributed by atoms with van der Waals surface area (Å²) in [4.78, 5) is 12.2. The third kappa shape index (κ3) is 4.92. The number of hydrogen-bond donors (Lipinski definition) is 1. The van der Waals surface area contributed by atoms with Gasteiger partial charge in [-0.3, -0.25) is 4.79 Å². The molecule has 1 N–H and O–H groups in total. The van der Waals surface area contributed by atoms with Crippen LogP contribution in [0.2, 0.25) is 0 Å². The van der Waals surface area contributed by atoms with Gasteiger partial charge in [0, 0.05) is 32.2 Å². The van der Waals surface area contributed by atoms with Crippen LogP contribution in [0.5, 0.6) is 0 Å². The Morgan fingerprint density at radius 1 is 1.24 bits per heavy atom. The summed E-state index contributed by atoms with van der Waals surface area (Å²) in [6, 6.07) is 10.2. The Morgan fingerprint density at radius 2 is 1.96 bits per heavy atom. The molecule has 0 aliphatic carbocycles. The Morgan fingerprint density at radius 3 is 2.64 bits per heavy atom. The normalized spacial score (nSPS) is 15.5. The van der Waals surface area contributed by atoms with Crippen molar-refractivity contribution >= 4 is 5.91 Å². The van der Waals surface area contributed by atoms with Crippen molar-refractivity contribution in [3.8, 4) is 0 Å². The molecule has 25 heavy (non-hydrogen) atoms. The number of carbonyl (C=O) groups excluding carboxylic acids is 1. The van der Waals surface area contributed by atoms with E-state index in [1.165, 1.54) is 5.56 Å². The highest BCUT2D eigenvalue weighted by atomic mass is 16.5. The van der Waals surface area contributed by atoms with Crippen LogP contribution < -0.4 is 5.32 Å². The lowest BCUT2D eigenvalue weighted by atomic mass is 10.00. The van der Waals surface area contributed by atoms with Crippen molar-refractivity contribution in [3.63, 3.8) is 0 Å². The van der Waals surface area contributed by atoms with E-state index in [9.17, 15) is 4.79 Å². The van der Waals surface area contributed by atoms with Crippen LogP contribution in [0.4, 0.5) is 0 Å². The first kappa shape index (κ1) is 17.7. The van der Waals surface area contributed by atoms with Crippen LogP contribution in [0.1, 0.15) is 60.0 Å². The van der Waals surface area contributed by atoms with Crippen LogP contribution in [-0.4, -0.2) is 30.8 Å². The molecule has 0 bridgehead atoms. The molecule has 0 unspecified atom stereocenters. The van der Waals surface area contributed by atoms with E-state index in [4.69, 9.17) is 9.26 Å².